The van der Waals surface area contributed by atoms with E-state index in [1.807, 2.05) is 0 Å². The summed E-state index contributed by atoms with van der Waals surface area (Å²) in [4.78, 5) is 11.5. The molecule has 0 saturated carbocycles. The molecule has 1 unspecified atom stereocenters. The number of halogens is 1. The number of carboxylic acids is 1. The second-order valence-corrected chi connectivity index (χ2v) is 6.23. The summed E-state index contributed by atoms with van der Waals surface area (Å²) in [7, 11) is 0. The lowest BCUT2D eigenvalue weighted by Crippen LogP contribution is -2.20. The molecule has 2 nitrogen and oxygen atoms in total. The fourth-order valence-electron chi connectivity index (χ4n) is 3.85. The monoisotopic (exact) mass is 314 g/mol. The van der Waals surface area contributed by atoms with Gasteiger partial charge >= 0.3 is 5.97 Å². The number of carbonyl (C=O) groups is 1. The van der Waals surface area contributed by atoms with Crippen LogP contribution in [0.2, 0.25) is 0 Å². The first-order valence-electron chi connectivity index (χ1n) is 7.66. The third-order valence-corrected chi connectivity index (χ3v) is 4.95. The molecule has 0 spiro atoms. The summed E-state index contributed by atoms with van der Waals surface area (Å²) in [6, 6.07) is 13.0. The van der Waals surface area contributed by atoms with E-state index in [9.17, 15) is 9.90 Å². The van der Waals surface area contributed by atoms with Gasteiger partial charge in [-0.1, -0.05) is 36.4 Å². The van der Waals surface area contributed by atoms with E-state index in [0.717, 1.165) is 37.7 Å². The number of benzene rings is 2. The van der Waals surface area contributed by atoms with Crippen LogP contribution in [0.4, 0.5) is 0 Å². The van der Waals surface area contributed by atoms with Crippen LogP contribution in [0, 0.1) is 0 Å². The molecule has 2 aliphatic carbocycles. The van der Waals surface area contributed by atoms with Crippen LogP contribution < -0.4 is 0 Å². The van der Waals surface area contributed by atoms with Gasteiger partial charge in [0, 0.05) is 0 Å². The molecule has 0 bridgehead atoms. The number of aryl methyl sites for hydroxylation is 1. The van der Waals surface area contributed by atoms with Crippen molar-refractivity contribution in [1.29, 1.82) is 0 Å². The lowest BCUT2D eigenvalue weighted by Gasteiger charge is -2.27. The predicted octanol–water partition coefficient (Wildman–Crippen LogP) is 4.11. The minimum Gasteiger partial charge on any atom is -0.481 e. The Bertz CT molecular complexity index is 736. The molecule has 0 radical (unpaired) electrons. The van der Waals surface area contributed by atoms with Crippen molar-refractivity contribution in [1.82, 2.24) is 0 Å². The van der Waals surface area contributed by atoms with Crippen molar-refractivity contribution in [3.8, 4) is 0 Å². The van der Waals surface area contributed by atoms with Gasteiger partial charge in [0.15, 0.2) is 0 Å². The third-order valence-electron chi connectivity index (χ3n) is 4.95. The minimum atomic E-state index is -0.674. The van der Waals surface area contributed by atoms with E-state index < -0.39 is 5.97 Å². The molecule has 2 aliphatic rings. The zero-order valence-electron chi connectivity index (χ0n) is 12.3. The molecular weight excluding hydrogens is 296 g/mol. The number of hydrogen-bond acceptors (Lipinski definition) is 1. The van der Waals surface area contributed by atoms with Crippen molar-refractivity contribution in [2.75, 3.05) is 0 Å². The van der Waals surface area contributed by atoms with E-state index in [1.54, 1.807) is 0 Å². The first-order chi connectivity index (χ1) is 10.2. The maximum absolute atomic E-state index is 11.5. The van der Waals surface area contributed by atoms with Crippen molar-refractivity contribution < 1.29 is 9.90 Å². The van der Waals surface area contributed by atoms with Crippen molar-refractivity contribution in [3.05, 3.63) is 69.8 Å². The smallest absolute Gasteiger partial charge is 0.310 e. The van der Waals surface area contributed by atoms with E-state index in [-0.39, 0.29) is 18.3 Å². The standard InChI is InChI=1S/C19H18O2.ClH/c20-19(21)17-7-3-6-14-10-15-8-12-4-1-2-5-13(12)9-16(15)11-18(14)17;/h1-2,4-5,10-11,17H,3,6-9H2,(H,20,21);1H. The number of fused-ring (bicyclic) bond motifs is 3. The Morgan fingerprint density at radius 3 is 2.23 bits per heavy atom. The van der Waals surface area contributed by atoms with Gasteiger partial charge in [-0.05, 0) is 65.5 Å². The quantitative estimate of drug-likeness (QED) is 0.734. The fourth-order valence-corrected chi connectivity index (χ4v) is 3.85. The highest BCUT2D eigenvalue weighted by atomic mass is 35.5. The summed E-state index contributed by atoms with van der Waals surface area (Å²) in [6.45, 7) is 0. The van der Waals surface area contributed by atoms with E-state index in [2.05, 4.69) is 36.4 Å². The number of carboxylic acid groups (broad SMARTS) is 1. The zero-order valence-corrected chi connectivity index (χ0v) is 13.2. The topological polar surface area (TPSA) is 37.3 Å². The molecule has 1 atom stereocenters. The first-order valence-corrected chi connectivity index (χ1v) is 7.66. The molecule has 0 fully saturated rings. The fraction of sp³-hybridized carbons (Fsp3) is 0.316. The summed E-state index contributed by atoms with van der Waals surface area (Å²) in [5.41, 5.74) is 7.82. The van der Waals surface area contributed by atoms with Crippen LogP contribution in [0.25, 0.3) is 0 Å². The Labute approximate surface area is 136 Å². The average Bonchev–Trinajstić information content (AvgIpc) is 2.50. The third kappa shape index (κ3) is 2.42. The normalized spacial score (nSPS) is 18.5. The number of hydrogen-bond donors (Lipinski definition) is 1. The maximum atomic E-state index is 11.5. The molecule has 0 aliphatic heterocycles. The van der Waals surface area contributed by atoms with Gasteiger partial charge in [-0.15, -0.1) is 12.4 Å². The van der Waals surface area contributed by atoms with Crippen molar-refractivity contribution in [2.24, 2.45) is 0 Å². The molecule has 3 heteroatoms. The predicted molar refractivity (Wildman–Crippen MR) is 89.1 cm³/mol. The van der Waals surface area contributed by atoms with Gasteiger partial charge in [-0.25, -0.2) is 0 Å². The molecular formula is C19H19ClO2. The minimum absolute atomic E-state index is 0. The van der Waals surface area contributed by atoms with E-state index >= 15 is 0 Å². The summed E-state index contributed by atoms with van der Waals surface area (Å²) in [5.74, 6) is -0.983. The summed E-state index contributed by atoms with van der Waals surface area (Å²) < 4.78 is 0. The second-order valence-electron chi connectivity index (χ2n) is 6.23. The van der Waals surface area contributed by atoms with Gasteiger partial charge in [0.1, 0.15) is 0 Å². The van der Waals surface area contributed by atoms with Gasteiger partial charge < -0.3 is 5.11 Å². The Morgan fingerprint density at radius 1 is 0.955 bits per heavy atom. The highest BCUT2D eigenvalue weighted by Gasteiger charge is 2.28. The Kier molecular flexibility index (Phi) is 3.96. The van der Waals surface area contributed by atoms with Crippen LogP contribution in [0.1, 0.15) is 52.1 Å². The highest BCUT2D eigenvalue weighted by molar-refractivity contribution is 5.85. The van der Waals surface area contributed by atoms with Gasteiger partial charge in [-0.3, -0.25) is 4.79 Å². The lowest BCUT2D eigenvalue weighted by atomic mass is 9.77. The average molecular weight is 315 g/mol. The van der Waals surface area contributed by atoms with Crippen molar-refractivity contribution in [3.63, 3.8) is 0 Å². The molecule has 114 valence electrons. The number of aliphatic carboxylic acids is 1. The zero-order chi connectivity index (χ0) is 14.4. The Hall–Kier alpha value is -1.80. The molecule has 2 aromatic rings. The molecule has 0 aromatic heterocycles. The molecule has 2 aromatic carbocycles. The summed E-state index contributed by atoms with van der Waals surface area (Å²) >= 11 is 0. The van der Waals surface area contributed by atoms with Crippen molar-refractivity contribution in [2.45, 2.75) is 38.0 Å². The van der Waals surface area contributed by atoms with E-state index in [1.165, 1.54) is 27.8 Å². The molecule has 22 heavy (non-hydrogen) atoms. The van der Waals surface area contributed by atoms with Gasteiger partial charge in [0.05, 0.1) is 5.92 Å². The second kappa shape index (κ2) is 5.77. The molecule has 0 saturated heterocycles. The lowest BCUT2D eigenvalue weighted by molar-refractivity contribution is -0.139. The van der Waals surface area contributed by atoms with E-state index in [4.69, 9.17) is 0 Å². The first kappa shape index (κ1) is 15.1. The Balaban J connectivity index is 0.00000144. The summed E-state index contributed by atoms with van der Waals surface area (Å²) in [6.07, 6.45) is 4.70. The van der Waals surface area contributed by atoms with Crippen LogP contribution in [0.15, 0.2) is 36.4 Å². The molecule has 0 amide bonds. The van der Waals surface area contributed by atoms with Crippen LogP contribution in [-0.2, 0) is 24.1 Å². The maximum Gasteiger partial charge on any atom is 0.310 e. The molecule has 4 rings (SSSR count). The van der Waals surface area contributed by atoms with E-state index in [0.29, 0.717) is 0 Å². The Morgan fingerprint density at radius 2 is 1.59 bits per heavy atom. The van der Waals surface area contributed by atoms with Crippen LogP contribution in [0.5, 0.6) is 0 Å². The summed E-state index contributed by atoms with van der Waals surface area (Å²) in [5, 5.41) is 9.45. The highest BCUT2D eigenvalue weighted by Crippen LogP contribution is 2.37. The van der Waals surface area contributed by atoms with Crippen LogP contribution >= 0.6 is 12.4 Å². The van der Waals surface area contributed by atoms with Crippen molar-refractivity contribution >= 4 is 18.4 Å². The largest absolute Gasteiger partial charge is 0.481 e. The SMILES string of the molecule is Cl.O=C(O)C1CCCc2cc3c(cc21)Cc1ccccc1C3. The number of rotatable bonds is 1. The van der Waals surface area contributed by atoms with Gasteiger partial charge in [-0.2, -0.15) is 0 Å². The van der Waals surface area contributed by atoms with Gasteiger partial charge in [0.2, 0.25) is 0 Å². The molecule has 1 N–H and O–H groups in total. The van der Waals surface area contributed by atoms with Gasteiger partial charge in [0.25, 0.3) is 0 Å². The molecule has 0 heterocycles. The van der Waals surface area contributed by atoms with Crippen LogP contribution in [-0.4, -0.2) is 11.1 Å². The van der Waals surface area contributed by atoms with Crippen LogP contribution in [0.3, 0.4) is 0 Å².